The molecule has 9 heteroatoms. The Labute approximate surface area is 118 Å². The van der Waals surface area contributed by atoms with E-state index in [4.69, 9.17) is 16.7 Å². The van der Waals surface area contributed by atoms with Crippen LogP contribution in [0, 0.1) is 10.1 Å². The number of hydrogen-bond donors (Lipinski definition) is 2. The summed E-state index contributed by atoms with van der Waals surface area (Å²) in [5.74, 6) is -1.83. The van der Waals surface area contributed by atoms with Gasteiger partial charge in [-0.05, 0) is 12.5 Å². The molecule has 0 bridgehead atoms. The maximum atomic E-state index is 12.0. The second-order valence-electron chi connectivity index (χ2n) is 3.93. The average molecular weight is 302 g/mol. The maximum Gasteiger partial charge on any atom is 0.319 e. The van der Waals surface area contributed by atoms with Gasteiger partial charge in [0.05, 0.1) is 11.3 Å². The van der Waals surface area contributed by atoms with Crippen molar-refractivity contribution in [1.82, 2.24) is 10.3 Å². The van der Waals surface area contributed by atoms with Crippen LogP contribution in [0.15, 0.2) is 12.3 Å². The summed E-state index contributed by atoms with van der Waals surface area (Å²) in [7, 11) is 0. The molecule has 0 fully saturated rings. The minimum Gasteiger partial charge on any atom is -0.481 e. The van der Waals surface area contributed by atoms with Crippen LogP contribution in [-0.2, 0) is 4.79 Å². The molecule has 2 N–H and O–H groups in total. The summed E-state index contributed by atoms with van der Waals surface area (Å²) >= 11 is 5.60. The molecule has 1 atom stereocenters. The molecule has 0 aliphatic rings. The molecule has 20 heavy (non-hydrogen) atoms. The summed E-state index contributed by atoms with van der Waals surface area (Å²) in [6.07, 6.45) is 1.28. The number of carboxylic acids is 1. The zero-order valence-corrected chi connectivity index (χ0v) is 11.3. The summed E-state index contributed by atoms with van der Waals surface area (Å²) in [4.78, 5) is 36.2. The third-order valence-electron chi connectivity index (χ3n) is 2.56. The number of rotatable bonds is 6. The summed E-state index contributed by atoms with van der Waals surface area (Å²) in [6.45, 7) is 1.70. The first-order valence-corrected chi connectivity index (χ1v) is 6.06. The maximum absolute atomic E-state index is 12.0. The van der Waals surface area contributed by atoms with Crippen LogP contribution >= 0.6 is 11.6 Å². The first-order valence-electron chi connectivity index (χ1n) is 5.68. The second kappa shape index (κ2) is 6.80. The van der Waals surface area contributed by atoms with Crippen LogP contribution in [0.5, 0.6) is 0 Å². The minimum atomic E-state index is -1.07. The fraction of sp³-hybridized carbons (Fsp3) is 0.364. The van der Waals surface area contributed by atoms with E-state index in [9.17, 15) is 19.7 Å². The largest absolute Gasteiger partial charge is 0.481 e. The highest BCUT2D eigenvalue weighted by Gasteiger charge is 2.26. The number of pyridine rings is 1. The van der Waals surface area contributed by atoms with Crippen molar-refractivity contribution >= 4 is 29.2 Å². The number of nitrogens with zero attached hydrogens (tertiary/aromatic N) is 2. The van der Waals surface area contributed by atoms with E-state index in [0.29, 0.717) is 6.42 Å². The second-order valence-corrected chi connectivity index (χ2v) is 4.29. The van der Waals surface area contributed by atoms with E-state index in [1.54, 1.807) is 6.92 Å². The fourth-order valence-corrected chi connectivity index (χ4v) is 1.78. The zero-order chi connectivity index (χ0) is 15.3. The Morgan fingerprint density at radius 1 is 1.60 bits per heavy atom. The Morgan fingerprint density at radius 2 is 2.25 bits per heavy atom. The van der Waals surface area contributed by atoms with Crippen LogP contribution in [0.2, 0.25) is 5.15 Å². The molecule has 1 rings (SSSR count). The molecule has 0 spiro atoms. The van der Waals surface area contributed by atoms with Gasteiger partial charge in [-0.1, -0.05) is 18.5 Å². The highest BCUT2D eigenvalue weighted by molar-refractivity contribution is 6.32. The molecule has 1 aromatic heterocycles. The van der Waals surface area contributed by atoms with E-state index < -0.39 is 33.7 Å². The molecule has 0 aliphatic carbocycles. The lowest BCUT2D eigenvalue weighted by molar-refractivity contribution is -0.385. The molecule has 1 heterocycles. The number of nitro groups is 1. The normalized spacial score (nSPS) is 11.7. The zero-order valence-electron chi connectivity index (χ0n) is 10.5. The minimum absolute atomic E-state index is 0.251. The van der Waals surface area contributed by atoms with Crippen LogP contribution in [0.4, 0.5) is 5.69 Å². The average Bonchev–Trinajstić information content (AvgIpc) is 2.36. The van der Waals surface area contributed by atoms with Crippen LogP contribution in [0.3, 0.4) is 0 Å². The van der Waals surface area contributed by atoms with Gasteiger partial charge in [0.25, 0.3) is 5.91 Å². The topological polar surface area (TPSA) is 122 Å². The summed E-state index contributed by atoms with van der Waals surface area (Å²) in [5.41, 5.74) is -0.851. The number of carbonyl (C=O) groups excluding carboxylic acids is 1. The quantitative estimate of drug-likeness (QED) is 0.467. The van der Waals surface area contributed by atoms with Gasteiger partial charge >= 0.3 is 11.7 Å². The van der Waals surface area contributed by atoms with E-state index in [1.807, 2.05) is 0 Å². The molecule has 108 valence electrons. The van der Waals surface area contributed by atoms with Crippen LogP contribution in [0.1, 0.15) is 30.1 Å². The van der Waals surface area contributed by atoms with Gasteiger partial charge in [0.15, 0.2) is 0 Å². The molecule has 0 aliphatic heterocycles. The van der Waals surface area contributed by atoms with Crippen molar-refractivity contribution in [3.8, 4) is 0 Å². The molecule has 0 saturated carbocycles. The van der Waals surface area contributed by atoms with E-state index >= 15 is 0 Å². The molecular formula is C11H12ClN3O5. The van der Waals surface area contributed by atoms with Crippen molar-refractivity contribution in [2.75, 3.05) is 0 Å². The number of aliphatic carboxylic acids is 1. The summed E-state index contributed by atoms with van der Waals surface area (Å²) in [6, 6.07) is 0.541. The predicted molar refractivity (Wildman–Crippen MR) is 69.7 cm³/mol. The van der Waals surface area contributed by atoms with Crippen LogP contribution in [0.25, 0.3) is 0 Å². The number of carbonyl (C=O) groups is 2. The van der Waals surface area contributed by atoms with Crippen molar-refractivity contribution in [2.24, 2.45) is 0 Å². The lowest BCUT2D eigenvalue weighted by atomic mass is 10.1. The fourth-order valence-electron chi connectivity index (χ4n) is 1.56. The Morgan fingerprint density at radius 3 is 2.75 bits per heavy atom. The van der Waals surface area contributed by atoms with Gasteiger partial charge in [0, 0.05) is 12.2 Å². The predicted octanol–water partition coefficient (Wildman–Crippen LogP) is 1.63. The number of hydrogen-bond acceptors (Lipinski definition) is 5. The van der Waals surface area contributed by atoms with Gasteiger partial charge in [-0.25, -0.2) is 4.98 Å². The Kier molecular flexibility index (Phi) is 5.39. The van der Waals surface area contributed by atoms with Gasteiger partial charge in [0.2, 0.25) is 5.15 Å². The van der Waals surface area contributed by atoms with Crippen molar-refractivity contribution in [2.45, 2.75) is 25.8 Å². The lowest BCUT2D eigenvalue weighted by Gasteiger charge is -2.14. The van der Waals surface area contributed by atoms with Crippen molar-refractivity contribution in [3.05, 3.63) is 33.1 Å². The van der Waals surface area contributed by atoms with Gasteiger partial charge in [0.1, 0.15) is 5.56 Å². The first kappa shape index (κ1) is 15.8. The standard InChI is InChI=1S/C11H12ClN3O5/c1-2-6(5-8(16)17)14-11(18)7-3-4-13-10(12)9(7)15(19)20/h3-4,6H,2,5H2,1H3,(H,14,18)(H,16,17). The monoisotopic (exact) mass is 301 g/mol. The van der Waals surface area contributed by atoms with Gasteiger partial charge in [-0.2, -0.15) is 0 Å². The van der Waals surface area contributed by atoms with E-state index in [0.717, 1.165) is 6.07 Å². The molecule has 1 aromatic rings. The van der Waals surface area contributed by atoms with E-state index in [-0.39, 0.29) is 12.0 Å². The summed E-state index contributed by atoms with van der Waals surface area (Å²) < 4.78 is 0. The number of halogens is 1. The third kappa shape index (κ3) is 3.89. The van der Waals surface area contributed by atoms with Crippen molar-refractivity contribution < 1.29 is 19.6 Å². The molecule has 1 amide bonds. The van der Waals surface area contributed by atoms with Gasteiger partial charge in [-0.15, -0.1) is 0 Å². The molecule has 0 aromatic carbocycles. The lowest BCUT2D eigenvalue weighted by Crippen LogP contribution is -2.36. The highest BCUT2D eigenvalue weighted by atomic mass is 35.5. The number of amides is 1. The van der Waals surface area contributed by atoms with Crippen LogP contribution < -0.4 is 5.32 Å². The molecule has 0 radical (unpaired) electrons. The Bertz CT molecular complexity index is 549. The van der Waals surface area contributed by atoms with Crippen molar-refractivity contribution in [3.63, 3.8) is 0 Å². The SMILES string of the molecule is CCC(CC(=O)O)NC(=O)c1ccnc(Cl)c1[N+](=O)[O-]. The Balaban J connectivity index is 3.00. The molecule has 1 unspecified atom stereocenters. The molecule has 8 nitrogen and oxygen atoms in total. The highest BCUT2D eigenvalue weighted by Crippen LogP contribution is 2.25. The summed E-state index contributed by atoms with van der Waals surface area (Å²) in [5, 5.41) is 21.6. The van der Waals surface area contributed by atoms with Gasteiger partial charge < -0.3 is 10.4 Å². The molecule has 0 saturated heterocycles. The van der Waals surface area contributed by atoms with E-state index in [2.05, 4.69) is 10.3 Å². The molecular weight excluding hydrogens is 290 g/mol. The Hall–Kier alpha value is -2.22. The smallest absolute Gasteiger partial charge is 0.319 e. The van der Waals surface area contributed by atoms with Crippen molar-refractivity contribution in [1.29, 1.82) is 0 Å². The number of aromatic nitrogens is 1. The first-order chi connectivity index (χ1) is 9.36. The number of nitrogens with one attached hydrogen (secondary N) is 1. The third-order valence-corrected chi connectivity index (χ3v) is 2.83. The van der Waals surface area contributed by atoms with Gasteiger partial charge in [-0.3, -0.25) is 19.7 Å². The number of carboxylic acid groups (broad SMARTS) is 1. The van der Waals surface area contributed by atoms with Crippen LogP contribution in [-0.4, -0.2) is 32.9 Å². The van der Waals surface area contributed by atoms with E-state index in [1.165, 1.54) is 6.20 Å².